The van der Waals surface area contributed by atoms with Crippen LogP contribution >= 0.6 is 0 Å². The molecule has 11 heteroatoms. The molecule has 1 saturated heterocycles. The number of benzene rings is 1. The number of amides is 3. The van der Waals surface area contributed by atoms with Crippen LogP contribution < -0.4 is 16.0 Å². The van der Waals surface area contributed by atoms with Gasteiger partial charge in [0, 0.05) is 6.04 Å². The van der Waals surface area contributed by atoms with Gasteiger partial charge >= 0.3 is 18.0 Å². The summed E-state index contributed by atoms with van der Waals surface area (Å²) >= 11 is 0. The Labute approximate surface area is 235 Å². The largest absolute Gasteiger partial charge is 0.459 e. The first-order chi connectivity index (χ1) is 18.8. The van der Waals surface area contributed by atoms with E-state index in [1.807, 2.05) is 44.2 Å². The number of ether oxygens (including phenoxy) is 3. The second kappa shape index (κ2) is 13.1. The molecule has 1 aliphatic heterocycles. The van der Waals surface area contributed by atoms with Crippen LogP contribution in [0, 0.1) is 17.8 Å². The normalized spacial score (nSPS) is 23.8. The number of hydrogen-bond donors (Lipinski definition) is 3. The molecular weight excluding hydrogens is 518 g/mol. The van der Waals surface area contributed by atoms with Gasteiger partial charge in [0.1, 0.15) is 30.2 Å². The molecule has 7 unspecified atom stereocenters. The van der Waals surface area contributed by atoms with E-state index in [0.29, 0.717) is 6.42 Å². The number of esters is 2. The minimum atomic E-state index is -1.000. The van der Waals surface area contributed by atoms with E-state index in [0.717, 1.165) is 12.0 Å². The van der Waals surface area contributed by atoms with Crippen molar-refractivity contribution in [1.82, 2.24) is 16.0 Å². The molecule has 40 heavy (non-hydrogen) atoms. The molecule has 220 valence electrons. The van der Waals surface area contributed by atoms with Gasteiger partial charge < -0.3 is 30.2 Å². The number of hydrogen-bond acceptors (Lipinski definition) is 8. The Balaban J connectivity index is 1.58. The van der Waals surface area contributed by atoms with Crippen molar-refractivity contribution in [2.24, 2.45) is 17.8 Å². The lowest BCUT2D eigenvalue weighted by atomic mass is 9.83. The number of cyclic esters (lactones) is 1. The lowest BCUT2D eigenvalue weighted by Gasteiger charge is -2.37. The SMILES string of the molecule is CCC(C)C1C(=O)OC1C(=O)NC1CC1CC(NC(=O)C(C)NC(=O)OC(C)(C)C)C(=O)OCc1ccccc1. The first-order valence-corrected chi connectivity index (χ1v) is 13.8. The summed E-state index contributed by atoms with van der Waals surface area (Å²) in [5, 5.41) is 8.05. The third kappa shape index (κ3) is 8.69. The first-order valence-electron chi connectivity index (χ1n) is 13.8. The number of alkyl carbamates (subject to hydrolysis) is 1. The molecule has 2 fully saturated rings. The Bertz CT molecular complexity index is 1090. The van der Waals surface area contributed by atoms with E-state index in [1.54, 1.807) is 20.8 Å². The minimum absolute atomic E-state index is 0.0299. The lowest BCUT2D eigenvalue weighted by Crippen LogP contribution is -2.56. The fourth-order valence-corrected chi connectivity index (χ4v) is 4.47. The van der Waals surface area contributed by atoms with Gasteiger partial charge in [-0.2, -0.15) is 0 Å². The predicted molar refractivity (Wildman–Crippen MR) is 144 cm³/mol. The molecule has 3 amide bonds. The van der Waals surface area contributed by atoms with E-state index in [2.05, 4.69) is 16.0 Å². The van der Waals surface area contributed by atoms with E-state index in [1.165, 1.54) is 6.92 Å². The molecule has 2 aliphatic rings. The Hall–Kier alpha value is -3.63. The summed E-state index contributed by atoms with van der Waals surface area (Å²) in [6, 6.07) is 6.96. The van der Waals surface area contributed by atoms with Crippen molar-refractivity contribution in [1.29, 1.82) is 0 Å². The Morgan fingerprint density at radius 2 is 1.75 bits per heavy atom. The van der Waals surface area contributed by atoms with E-state index in [-0.39, 0.29) is 42.8 Å². The third-order valence-electron chi connectivity index (χ3n) is 7.10. The summed E-state index contributed by atoms with van der Waals surface area (Å²) in [5.41, 5.74) is 0.0605. The number of nitrogens with one attached hydrogen (secondary N) is 3. The fraction of sp³-hybridized carbons (Fsp3) is 0.621. The van der Waals surface area contributed by atoms with Crippen LogP contribution in [0.2, 0.25) is 0 Å². The van der Waals surface area contributed by atoms with Crippen molar-refractivity contribution >= 4 is 29.8 Å². The van der Waals surface area contributed by atoms with E-state index >= 15 is 0 Å². The summed E-state index contributed by atoms with van der Waals surface area (Å²) < 4.78 is 15.8. The Kier molecular flexibility index (Phi) is 10.2. The summed E-state index contributed by atoms with van der Waals surface area (Å²) in [6.45, 7) is 10.5. The fourth-order valence-electron chi connectivity index (χ4n) is 4.47. The van der Waals surface area contributed by atoms with Crippen molar-refractivity contribution in [3.8, 4) is 0 Å². The van der Waals surface area contributed by atoms with Crippen molar-refractivity contribution in [2.75, 3.05) is 0 Å². The molecule has 0 radical (unpaired) electrons. The molecule has 1 aliphatic carbocycles. The van der Waals surface area contributed by atoms with Crippen molar-refractivity contribution < 1.29 is 38.2 Å². The van der Waals surface area contributed by atoms with Gasteiger partial charge in [-0.25, -0.2) is 9.59 Å². The quantitative estimate of drug-likeness (QED) is 0.261. The van der Waals surface area contributed by atoms with Crippen LogP contribution in [-0.4, -0.2) is 59.7 Å². The highest BCUT2D eigenvalue weighted by atomic mass is 16.6. The van der Waals surface area contributed by atoms with Gasteiger partial charge in [-0.05, 0) is 57.9 Å². The van der Waals surface area contributed by atoms with Crippen LogP contribution in [0.1, 0.15) is 66.4 Å². The Morgan fingerprint density at radius 3 is 2.35 bits per heavy atom. The monoisotopic (exact) mass is 559 g/mol. The average molecular weight is 560 g/mol. The van der Waals surface area contributed by atoms with Gasteiger partial charge in [-0.15, -0.1) is 0 Å². The van der Waals surface area contributed by atoms with Crippen LogP contribution in [0.5, 0.6) is 0 Å². The predicted octanol–water partition coefficient (Wildman–Crippen LogP) is 2.61. The average Bonchev–Trinajstić information content (AvgIpc) is 3.60. The van der Waals surface area contributed by atoms with Crippen molar-refractivity contribution in [3.63, 3.8) is 0 Å². The molecule has 1 aromatic carbocycles. The van der Waals surface area contributed by atoms with E-state index in [4.69, 9.17) is 14.2 Å². The maximum Gasteiger partial charge on any atom is 0.408 e. The van der Waals surface area contributed by atoms with Gasteiger partial charge in [0.15, 0.2) is 6.10 Å². The molecule has 3 N–H and O–H groups in total. The van der Waals surface area contributed by atoms with Gasteiger partial charge in [0.25, 0.3) is 5.91 Å². The van der Waals surface area contributed by atoms with Crippen LogP contribution in [0.25, 0.3) is 0 Å². The van der Waals surface area contributed by atoms with E-state index < -0.39 is 47.7 Å². The van der Waals surface area contributed by atoms with Crippen molar-refractivity contribution in [3.05, 3.63) is 35.9 Å². The van der Waals surface area contributed by atoms with Gasteiger partial charge in [-0.1, -0.05) is 50.6 Å². The summed E-state index contributed by atoms with van der Waals surface area (Å²) in [4.78, 5) is 62.6. The molecule has 0 bridgehead atoms. The number of carbonyl (C=O) groups excluding carboxylic acids is 5. The molecule has 11 nitrogen and oxygen atoms in total. The molecule has 7 atom stereocenters. The molecule has 0 spiro atoms. The number of carbonyl (C=O) groups is 5. The van der Waals surface area contributed by atoms with Crippen LogP contribution in [0.4, 0.5) is 4.79 Å². The smallest absolute Gasteiger partial charge is 0.408 e. The molecule has 1 heterocycles. The summed E-state index contributed by atoms with van der Waals surface area (Å²) in [7, 11) is 0. The first kappa shape index (κ1) is 30.9. The minimum Gasteiger partial charge on any atom is -0.459 e. The molecule has 1 aromatic rings. The highest BCUT2D eigenvalue weighted by Crippen LogP contribution is 2.37. The molecule has 1 saturated carbocycles. The second-order valence-electron chi connectivity index (χ2n) is 11.6. The standard InChI is InChI=1S/C29H41N3O8/c1-7-16(2)22-23(39-27(22)36)25(34)31-20-13-19(20)14-21(26(35)38-15-18-11-9-8-10-12-18)32-24(33)17(3)30-28(37)40-29(4,5)6/h8-12,16-17,19-23H,7,13-15H2,1-6H3,(H,30,37)(H,31,34)(H,32,33). The zero-order chi connectivity index (χ0) is 29.6. The second-order valence-corrected chi connectivity index (χ2v) is 11.6. The van der Waals surface area contributed by atoms with Crippen LogP contribution in [0.3, 0.4) is 0 Å². The molecule has 3 rings (SSSR count). The maximum absolute atomic E-state index is 13.0. The van der Waals surface area contributed by atoms with Crippen LogP contribution in [-0.2, 0) is 40.0 Å². The zero-order valence-corrected chi connectivity index (χ0v) is 24.0. The number of rotatable bonds is 12. The Morgan fingerprint density at radius 1 is 1.07 bits per heavy atom. The van der Waals surface area contributed by atoms with Crippen molar-refractivity contribution in [2.45, 2.75) is 97.2 Å². The van der Waals surface area contributed by atoms with Gasteiger partial charge in [0.2, 0.25) is 5.91 Å². The van der Waals surface area contributed by atoms with Gasteiger partial charge in [0.05, 0.1) is 0 Å². The van der Waals surface area contributed by atoms with Gasteiger partial charge in [-0.3, -0.25) is 14.4 Å². The van der Waals surface area contributed by atoms with Crippen LogP contribution in [0.15, 0.2) is 30.3 Å². The third-order valence-corrected chi connectivity index (χ3v) is 7.10. The highest BCUT2D eigenvalue weighted by molar-refractivity contribution is 5.94. The topological polar surface area (TPSA) is 149 Å². The lowest BCUT2D eigenvalue weighted by molar-refractivity contribution is -0.193. The van der Waals surface area contributed by atoms with E-state index in [9.17, 15) is 24.0 Å². The summed E-state index contributed by atoms with van der Waals surface area (Å²) in [6.07, 6.45) is 0.0155. The highest BCUT2D eigenvalue weighted by Gasteiger charge is 2.51. The molecular formula is C29H41N3O8. The zero-order valence-electron chi connectivity index (χ0n) is 24.0. The summed E-state index contributed by atoms with van der Waals surface area (Å²) in [5.74, 6) is -2.43. The maximum atomic E-state index is 13.0. The molecule has 0 aromatic heterocycles.